The number of hydrogen-bond donors (Lipinski definition) is 1. The molecule has 9 nitrogen and oxygen atoms in total. The van der Waals surface area contributed by atoms with Gasteiger partial charge in [-0.25, -0.2) is 9.69 Å². The molecule has 0 radical (unpaired) electrons. The fourth-order valence-electron chi connectivity index (χ4n) is 4.27. The quantitative estimate of drug-likeness (QED) is 0.448. The molecular weight excluding hydrogens is 414 g/mol. The van der Waals surface area contributed by atoms with Gasteiger partial charge in [0.1, 0.15) is 17.8 Å². The van der Waals surface area contributed by atoms with Crippen molar-refractivity contribution >= 4 is 28.7 Å². The molecular formula is C23H22N3O6+. The number of rotatable bonds is 7. The van der Waals surface area contributed by atoms with Crippen molar-refractivity contribution in [2.45, 2.75) is 32.2 Å². The van der Waals surface area contributed by atoms with Crippen molar-refractivity contribution in [2.75, 3.05) is 13.2 Å². The zero-order valence-corrected chi connectivity index (χ0v) is 17.3. The number of benzene rings is 2. The second kappa shape index (κ2) is 8.08. The molecule has 0 bridgehead atoms. The van der Waals surface area contributed by atoms with Gasteiger partial charge in [0.2, 0.25) is 6.20 Å². The zero-order chi connectivity index (χ0) is 22.2. The van der Waals surface area contributed by atoms with Gasteiger partial charge in [0.15, 0.2) is 6.61 Å². The molecule has 0 saturated carbocycles. The molecule has 164 valence electrons. The molecule has 1 aromatic heterocycles. The third-order valence-electron chi connectivity index (χ3n) is 5.81. The molecule has 2 aromatic carbocycles. The molecule has 1 saturated heterocycles. The fraction of sp³-hybridized carbons (Fsp3) is 0.304. The number of fused-ring (bicyclic) bond motifs is 2. The Labute approximate surface area is 183 Å². The molecule has 0 unspecified atom stereocenters. The van der Waals surface area contributed by atoms with Crippen molar-refractivity contribution in [1.29, 1.82) is 0 Å². The van der Waals surface area contributed by atoms with E-state index in [1.807, 2.05) is 21.6 Å². The molecule has 3 heterocycles. The minimum Gasteiger partial charge on any atom is -0.482 e. The summed E-state index contributed by atoms with van der Waals surface area (Å²) in [5.74, 6) is -1.27. The van der Waals surface area contributed by atoms with E-state index in [0.29, 0.717) is 30.0 Å². The number of carbonyl (C=O) groups is 3. The van der Waals surface area contributed by atoms with Gasteiger partial charge in [0.25, 0.3) is 18.5 Å². The van der Waals surface area contributed by atoms with E-state index in [1.165, 1.54) is 4.90 Å². The minimum absolute atomic E-state index is 0.0163. The van der Waals surface area contributed by atoms with Gasteiger partial charge in [-0.1, -0.05) is 16.8 Å². The molecule has 2 amide bonds. The van der Waals surface area contributed by atoms with Crippen LogP contribution in [0.1, 0.15) is 33.6 Å². The summed E-state index contributed by atoms with van der Waals surface area (Å²) >= 11 is 0. The largest absolute Gasteiger partial charge is 0.482 e. The Hall–Kier alpha value is -3.72. The van der Waals surface area contributed by atoms with Gasteiger partial charge in [-0.15, -0.1) is 4.68 Å². The lowest BCUT2D eigenvalue weighted by molar-refractivity contribution is -0.784. The van der Waals surface area contributed by atoms with Crippen molar-refractivity contribution in [3.05, 3.63) is 59.8 Å². The summed E-state index contributed by atoms with van der Waals surface area (Å²) in [4.78, 5) is 37.8. The smallest absolute Gasteiger partial charge is 0.341 e. The summed E-state index contributed by atoms with van der Waals surface area (Å²) in [6.45, 7) is 0.857. The van der Waals surface area contributed by atoms with E-state index < -0.39 is 12.6 Å². The lowest BCUT2D eigenvalue weighted by atomic mass is 10.1. The Morgan fingerprint density at radius 3 is 2.56 bits per heavy atom. The van der Waals surface area contributed by atoms with E-state index in [4.69, 9.17) is 14.6 Å². The van der Waals surface area contributed by atoms with Crippen LogP contribution in [-0.4, -0.2) is 51.8 Å². The van der Waals surface area contributed by atoms with Gasteiger partial charge in [-0.3, -0.25) is 9.59 Å². The first-order chi connectivity index (χ1) is 15.5. The van der Waals surface area contributed by atoms with Gasteiger partial charge in [0.05, 0.1) is 22.6 Å². The second-order valence-corrected chi connectivity index (χ2v) is 7.91. The average molecular weight is 436 g/mol. The average Bonchev–Trinajstić information content (AvgIpc) is 3.48. The summed E-state index contributed by atoms with van der Waals surface area (Å²) < 4.78 is 14.9. The molecule has 1 fully saturated rings. The highest BCUT2D eigenvalue weighted by atomic mass is 16.5. The minimum atomic E-state index is -1.06. The number of amides is 2. The number of carbonyl (C=O) groups excluding carboxylic acids is 2. The molecule has 1 atom stereocenters. The molecule has 9 heteroatoms. The maximum absolute atomic E-state index is 12.9. The van der Waals surface area contributed by atoms with E-state index in [-0.39, 0.29) is 24.6 Å². The van der Waals surface area contributed by atoms with Crippen molar-refractivity contribution in [1.82, 2.24) is 9.58 Å². The Balaban J connectivity index is 1.50. The van der Waals surface area contributed by atoms with Gasteiger partial charge in [-0.05, 0) is 37.1 Å². The highest BCUT2D eigenvalue weighted by molar-refractivity contribution is 6.21. The number of aromatic nitrogens is 2. The molecule has 3 aromatic rings. The lowest BCUT2D eigenvalue weighted by Gasteiger charge is -2.14. The topological polar surface area (TPSA) is 102 Å². The number of imide groups is 1. The Bertz CT molecular complexity index is 1190. The molecule has 2 aliphatic rings. The summed E-state index contributed by atoms with van der Waals surface area (Å²) in [5.41, 5.74) is 1.62. The number of carboxylic acids is 1. The van der Waals surface area contributed by atoms with Crippen LogP contribution < -0.4 is 9.42 Å². The highest BCUT2D eigenvalue weighted by Crippen LogP contribution is 2.25. The maximum Gasteiger partial charge on any atom is 0.341 e. The molecule has 32 heavy (non-hydrogen) atoms. The number of nitrogens with zero attached hydrogens (tertiary/aromatic N) is 3. The molecule has 2 aliphatic heterocycles. The van der Waals surface area contributed by atoms with Crippen LogP contribution in [0.4, 0.5) is 0 Å². The van der Waals surface area contributed by atoms with E-state index in [0.717, 1.165) is 23.7 Å². The van der Waals surface area contributed by atoms with Crippen LogP contribution in [0.25, 0.3) is 10.9 Å². The van der Waals surface area contributed by atoms with Crippen LogP contribution in [0.15, 0.2) is 48.7 Å². The van der Waals surface area contributed by atoms with Crippen LogP contribution >= 0.6 is 0 Å². The van der Waals surface area contributed by atoms with Crippen molar-refractivity contribution < 1.29 is 33.6 Å². The zero-order valence-electron chi connectivity index (χ0n) is 17.3. The van der Waals surface area contributed by atoms with E-state index in [9.17, 15) is 14.4 Å². The Kier molecular flexibility index (Phi) is 5.10. The first kappa shape index (κ1) is 20.2. The van der Waals surface area contributed by atoms with Crippen LogP contribution in [-0.2, 0) is 22.7 Å². The second-order valence-electron chi connectivity index (χ2n) is 7.91. The van der Waals surface area contributed by atoms with Crippen molar-refractivity contribution in [3.63, 3.8) is 0 Å². The summed E-state index contributed by atoms with van der Waals surface area (Å²) in [5, 5.41) is 9.78. The van der Waals surface area contributed by atoms with Crippen LogP contribution in [0.2, 0.25) is 0 Å². The highest BCUT2D eigenvalue weighted by Gasteiger charge is 2.38. The fourth-order valence-corrected chi connectivity index (χ4v) is 4.27. The standard InChI is InChI=1S/C23H21N3O6/c27-21(28)13-32-16-8-7-15-11-24(26(20(15)10-16)12-17-4-3-9-31-17)14-25-22(29)18-5-1-2-6-19(18)23(25)30/h1-2,5-8,10-11,17H,3-4,9,12-14H2/p+1/t17-/m0/s1. The van der Waals surface area contributed by atoms with Crippen LogP contribution in [0.3, 0.4) is 0 Å². The maximum atomic E-state index is 12.9. The molecule has 1 N–H and O–H groups in total. The summed E-state index contributed by atoms with van der Waals surface area (Å²) in [6, 6.07) is 12.1. The third kappa shape index (κ3) is 3.60. The van der Waals surface area contributed by atoms with E-state index >= 15 is 0 Å². The van der Waals surface area contributed by atoms with E-state index in [2.05, 4.69) is 0 Å². The first-order valence-electron chi connectivity index (χ1n) is 10.5. The van der Waals surface area contributed by atoms with Crippen molar-refractivity contribution in [2.24, 2.45) is 0 Å². The normalized spacial score (nSPS) is 17.9. The monoisotopic (exact) mass is 436 g/mol. The summed E-state index contributed by atoms with van der Waals surface area (Å²) in [6.07, 6.45) is 3.79. The van der Waals surface area contributed by atoms with Gasteiger partial charge < -0.3 is 14.6 Å². The predicted octanol–water partition coefficient (Wildman–Crippen LogP) is 1.82. The van der Waals surface area contributed by atoms with Gasteiger partial charge in [0, 0.05) is 12.7 Å². The first-order valence-corrected chi connectivity index (χ1v) is 10.5. The lowest BCUT2D eigenvalue weighted by Crippen LogP contribution is -2.52. The Morgan fingerprint density at radius 2 is 1.91 bits per heavy atom. The SMILES string of the molecule is O=C(O)COc1ccc2c[n+](CN3C(=O)c4ccccc4C3=O)n(C[C@@H]3CCCO3)c2c1. The van der Waals surface area contributed by atoms with Gasteiger partial charge >= 0.3 is 5.97 Å². The number of carboxylic acid groups (broad SMARTS) is 1. The number of hydrogen-bond acceptors (Lipinski definition) is 5. The Morgan fingerprint density at radius 1 is 1.16 bits per heavy atom. The summed E-state index contributed by atoms with van der Waals surface area (Å²) in [7, 11) is 0. The van der Waals surface area contributed by atoms with Gasteiger partial charge in [-0.2, -0.15) is 0 Å². The molecule has 5 rings (SSSR count). The predicted molar refractivity (Wildman–Crippen MR) is 111 cm³/mol. The molecule has 0 aliphatic carbocycles. The van der Waals surface area contributed by atoms with Crippen molar-refractivity contribution in [3.8, 4) is 5.75 Å². The van der Waals surface area contributed by atoms with E-state index in [1.54, 1.807) is 36.4 Å². The van der Waals surface area contributed by atoms with Crippen LogP contribution in [0.5, 0.6) is 5.75 Å². The molecule has 0 spiro atoms. The number of aliphatic carboxylic acids is 1. The number of ether oxygens (including phenoxy) is 2. The third-order valence-corrected chi connectivity index (χ3v) is 5.81. The van der Waals surface area contributed by atoms with Crippen LogP contribution in [0, 0.1) is 0 Å².